The van der Waals surface area contributed by atoms with Crippen LogP contribution < -0.4 is 11.2 Å². The van der Waals surface area contributed by atoms with Crippen LogP contribution in [0.5, 0.6) is 0 Å². The van der Waals surface area contributed by atoms with Gasteiger partial charge < -0.3 is 10.3 Å². The third-order valence-corrected chi connectivity index (χ3v) is 3.06. The molecule has 1 aromatic carbocycles. The number of nitrogens with zero attached hydrogens (tertiary/aromatic N) is 1. The Morgan fingerprint density at radius 3 is 2.89 bits per heavy atom. The summed E-state index contributed by atoms with van der Waals surface area (Å²) in [4.78, 5) is 16.7. The van der Waals surface area contributed by atoms with E-state index >= 15 is 0 Å². The van der Waals surface area contributed by atoms with Crippen molar-refractivity contribution in [3.63, 3.8) is 0 Å². The standard InChI is InChI=1S/C13H13N3O2/c1-6(2)9-5-10(17)11-8(15-9)4-3-7-12(11)18-16-13(7)14/h3-6,16H,14H2,1-2H3. The molecule has 2 aromatic heterocycles. The van der Waals surface area contributed by atoms with E-state index in [-0.39, 0.29) is 11.3 Å². The summed E-state index contributed by atoms with van der Waals surface area (Å²) in [6.45, 7) is 4.01. The van der Waals surface area contributed by atoms with Crippen molar-refractivity contribution < 1.29 is 4.52 Å². The van der Waals surface area contributed by atoms with E-state index in [1.54, 1.807) is 12.1 Å². The van der Waals surface area contributed by atoms with Gasteiger partial charge in [0, 0.05) is 11.8 Å². The first-order valence-electron chi connectivity index (χ1n) is 5.78. The average Bonchev–Trinajstić information content (AvgIpc) is 2.70. The predicted octanol–water partition coefficient (Wildman–Crippen LogP) is 2.37. The lowest BCUT2D eigenvalue weighted by atomic mass is 10.1. The van der Waals surface area contributed by atoms with E-state index in [1.807, 2.05) is 19.9 Å². The molecule has 0 aliphatic rings. The predicted molar refractivity (Wildman–Crippen MR) is 70.6 cm³/mol. The highest BCUT2D eigenvalue weighted by Gasteiger charge is 2.13. The number of aromatic nitrogens is 2. The molecule has 0 unspecified atom stereocenters. The number of H-pyrrole nitrogens is 1. The quantitative estimate of drug-likeness (QED) is 0.687. The molecule has 0 aliphatic carbocycles. The van der Waals surface area contributed by atoms with E-state index in [9.17, 15) is 4.79 Å². The molecule has 0 amide bonds. The van der Waals surface area contributed by atoms with Crippen molar-refractivity contribution in [2.24, 2.45) is 0 Å². The molecule has 2 heterocycles. The molecule has 0 fully saturated rings. The van der Waals surface area contributed by atoms with Gasteiger partial charge in [0.25, 0.3) is 0 Å². The fraction of sp³-hybridized carbons (Fsp3) is 0.231. The van der Waals surface area contributed by atoms with Crippen molar-refractivity contribution >= 4 is 27.7 Å². The molecular weight excluding hydrogens is 230 g/mol. The molecule has 92 valence electrons. The molecule has 0 saturated heterocycles. The molecule has 3 rings (SSSR count). The molecule has 5 heteroatoms. The van der Waals surface area contributed by atoms with Gasteiger partial charge in [-0.2, -0.15) is 0 Å². The number of anilines is 1. The van der Waals surface area contributed by atoms with Gasteiger partial charge in [-0.05, 0) is 18.1 Å². The number of benzene rings is 1. The number of rotatable bonds is 1. The first-order chi connectivity index (χ1) is 8.58. The monoisotopic (exact) mass is 243 g/mol. The van der Waals surface area contributed by atoms with Crippen LogP contribution in [-0.2, 0) is 0 Å². The first kappa shape index (κ1) is 10.8. The minimum Gasteiger partial charge on any atom is -0.382 e. The van der Waals surface area contributed by atoms with Crippen LogP contribution in [0, 0.1) is 0 Å². The third kappa shape index (κ3) is 1.40. The second-order valence-corrected chi connectivity index (χ2v) is 4.65. The Labute approximate surface area is 103 Å². The maximum atomic E-state index is 12.2. The van der Waals surface area contributed by atoms with Crippen LogP contribution in [0.1, 0.15) is 25.5 Å². The molecule has 5 nitrogen and oxygen atoms in total. The summed E-state index contributed by atoms with van der Waals surface area (Å²) in [6, 6.07) is 5.17. The molecule has 3 aromatic rings. The Kier molecular flexibility index (Phi) is 2.16. The largest absolute Gasteiger partial charge is 0.382 e. The number of fused-ring (bicyclic) bond motifs is 3. The smallest absolute Gasteiger partial charge is 0.193 e. The summed E-state index contributed by atoms with van der Waals surface area (Å²) in [5, 5.41) is 3.75. The summed E-state index contributed by atoms with van der Waals surface area (Å²) in [7, 11) is 0. The Morgan fingerprint density at radius 2 is 2.17 bits per heavy atom. The van der Waals surface area contributed by atoms with E-state index < -0.39 is 0 Å². The molecule has 0 spiro atoms. The van der Waals surface area contributed by atoms with E-state index in [4.69, 9.17) is 10.3 Å². The number of nitrogen functional groups attached to an aromatic ring is 1. The highest BCUT2D eigenvalue weighted by atomic mass is 16.5. The van der Waals surface area contributed by atoms with Gasteiger partial charge in [-0.3, -0.25) is 9.78 Å². The van der Waals surface area contributed by atoms with Gasteiger partial charge >= 0.3 is 0 Å². The van der Waals surface area contributed by atoms with Gasteiger partial charge in [-0.25, -0.2) is 5.16 Å². The van der Waals surface area contributed by atoms with Gasteiger partial charge in [0.05, 0.1) is 16.3 Å². The van der Waals surface area contributed by atoms with Crippen molar-refractivity contribution in [3.05, 3.63) is 34.1 Å². The summed E-state index contributed by atoms with van der Waals surface area (Å²) in [6.07, 6.45) is 0. The molecule has 0 aliphatic heterocycles. The fourth-order valence-electron chi connectivity index (χ4n) is 2.06. The van der Waals surface area contributed by atoms with Crippen LogP contribution in [0.15, 0.2) is 27.5 Å². The minimum atomic E-state index is -0.0861. The van der Waals surface area contributed by atoms with E-state index in [2.05, 4.69) is 10.1 Å². The van der Waals surface area contributed by atoms with Gasteiger partial charge in [0.2, 0.25) is 0 Å². The Bertz CT molecular complexity index is 799. The second kappa shape index (κ2) is 3.60. The number of hydrogen-bond donors (Lipinski definition) is 2. The Hall–Kier alpha value is -2.30. The molecule has 0 radical (unpaired) electrons. The average molecular weight is 243 g/mol. The third-order valence-electron chi connectivity index (χ3n) is 3.06. The topological polar surface area (TPSA) is 84.9 Å². The lowest BCUT2D eigenvalue weighted by molar-refractivity contribution is 0.462. The van der Waals surface area contributed by atoms with E-state index in [0.29, 0.717) is 27.7 Å². The van der Waals surface area contributed by atoms with Gasteiger partial charge in [0.15, 0.2) is 11.0 Å². The molecule has 0 saturated carbocycles. The van der Waals surface area contributed by atoms with Crippen LogP contribution in [-0.4, -0.2) is 10.1 Å². The van der Waals surface area contributed by atoms with Crippen molar-refractivity contribution in [1.82, 2.24) is 10.1 Å². The maximum Gasteiger partial charge on any atom is 0.193 e. The normalized spacial score (nSPS) is 11.7. The van der Waals surface area contributed by atoms with Crippen LogP contribution in [0.4, 0.5) is 5.82 Å². The summed E-state index contributed by atoms with van der Waals surface area (Å²) in [5.41, 5.74) is 7.54. The number of nitrogens with one attached hydrogen (secondary N) is 1. The molecule has 0 atom stereocenters. The summed E-state index contributed by atoms with van der Waals surface area (Å²) < 4.78 is 5.25. The number of nitrogens with two attached hydrogens (primary N) is 1. The Morgan fingerprint density at radius 1 is 1.39 bits per heavy atom. The Balaban J connectivity index is 2.49. The molecule has 3 N–H and O–H groups in total. The van der Waals surface area contributed by atoms with Gasteiger partial charge in [-0.15, -0.1) is 0 Å². The lowest BCUT2D eigenvalue weighted by Gasteiger charge is -2.04. The first-order valence-corrected chi connectivity index (χ1v) is 5.78. The SMILES string of the molecule is CC(C)c1cc(=O)c2c(ccc3c(N)[nH]oc32)n1. The second-order valence-electron chi connectivity index (χ2n) is 4.65. The number of hydrogen-bond acceptors (Lipinski definition) is 4. The van der Waals surface area contributed by atoms with Crippen molar-refractivity contribution in [2.45, 2.75) is 19.8 Å². The van der Waals surface area contributed by atoms with Crippen LogP contribution in [0.3, 0.4) is 0 Å². The fourth-order valence-corrected chi connectivity index (χ4v) is 2.06. The van der Waals surface area contributed by atoms with E-state index in [0.717, 1.165) is 5.69 Å². The van der Waals surface area contributed by atoms with Crippen LogP contribution in [0.2, 0.25) is 0 Å². The van der Waals surface area contributed by atoms with Crippen molar-refractivity contribution in [3.8, 4) is 0 Å². The maximum absolute atomic E-state index is 12.2. The van der Waals surface area contributed by atoms with Gasteiger partial charge in [-0.1, -0.05) is 13.8 Å². The zero-order valence-corrected chi connectivity index (χ0v) is 10.2. The number of aromatic amines is 1. The summed E-state index contributed by atoms with van der Waals surface area (Å²) >= 11 is 0. The van der Waals surface area contributed by atoms with Crippen molar-refractivity contribution in [1.29, 1.82) is 0 Å². The van der Waals surface area contributed by atoms with E-state index in [1.165, 1.54) is 0 Å². The number of pyridine rings is 1. The minimum absolute atomic E-state index is 0.0861. The van der Waals surface area contributed by atoms with Crippen molar-refractivity contribution in [2.75, 3.05) is 5.73 Å². The molecule has 18 heavy (non-hydrogen) atoms. The summed E-state index contributed by atoms with van der Waals surface area (Å²) in [5.74, 6) is 0.630. The van der Waals surface area contributed by atoms with Crippen LogP contribution >= 0.6 is 0 Å². The highest BCUT2D eigenvalue weighted by molar-refractivity contribution is 6.05. The zero-order chi connectivity index (χ0) is 12.9. The lowest BCUT2D eigenvalue weighted by Crippen LogP contribution is -2.06. The molecular formula is C13H13N3O2. The molecule has 0 bridgehead atoms. The van der Waals surface area contributed by atoms with Crippen LogP contribution in [0.25, 0.3) is 21.9 Å². The highest BCUT2D eigenvalue weighted by Crippen LogP contribution is 2.26. The van der Waals surface area contributed by atoms with Gasteiger partial charge in [0.1, 0.15) is 5.82 Å². The zero-order valence-electron chi connectivity index (χ0n) is 10.2.